The number of aromatic nitrogens is 6. The molecule has 2 aliphatic heterocycles. The summed E-state index contributed by atoms with van der Waals surface area (Å²) in [6.07, 6.45) is 1.79. The van der Waals surface area contributed by atoms with Gasteiger partial charge in [0.05, 0.1) is 42.8 Å². The second kappa shape index (κ2) is 41.3. The van der Waals surface area contributed by atoms with E-state index in [1.807, 2.05) is 0 Å². The molecule has 3 aromatic heterocycles. The van der Waals surface area contributed by atoms with Gasteiger partial charge in [0.25, 0.3) is 0 Å². The van der Waals surface area contributed by atoms with Gasteiger partial charge in [-0.25, -0.2) is 4.98 Å². The van der Waals surface area contributed by atoms with Gasteiger partial charge in [0.2, 0.25) is 76.8 Å². The van der Waals surface area contributed by atoms with E-state index in [1.54, 1.807) is 57.4 Å². The Morgan fingerprint density at radius 2 is 1.34 bits per heavy atom. The van der Waals surface area contributed by atoms with Crippen LogP contribution in [-0.4, -0.2) is 238 Å². The number of carbonyl (C=O) groups excluding carboxylic acids is 13. The van der Waals surface area contributed by atoms with Gasteiger partial charge in [-0.15, -0.1) is 5.10 Å². The highest BCUT2D eigenvalue weighted by molar-refractivity contribution is 8.76. The lowest BCUT2D eigenvalue weighted by Gasteiger charge is -2.28. The number of carbonyl (C=O) groups is 15. The zero-order chi connectivity index (χ0) is 77.0. The van der Waals surface area contributed by atoms with Crippen molar-refractivity contribution in [3.05, 3.63) is 66.1 Å². The maximum atomic E-state index is 15.2. The number of amides is 13. The first-order chi connectivity index (χ1) is 49.9. The summed E-state index contributed by atoms with van der Waals surface area (Å²) in [7, 11) is 2.95. The summed E-state index contributed by atoms with van der Waals surface area (Å²) in [5.41, 5.74) is 7.25. The van der Waals surface area contributed by atoms with Crippen LogP contribution in [0, 0.1) is 5.92 Å². The van der Waals surface area contributed by atoms with E-state index in [-0.39, 0.29) is 82.4 Å². The van der Waals surface area contributed by atoms with Crippen LogP contribution in [0.25, 0.3) is 10.9 Å². The first kappa shape index (κ1) is 83.7. The van der Waals surface area contributed by atoms with Crippen LogP contribution in [0.5, 0.6) is 0 Å². The number of aliphatic hydroxyl groups excluding tert-OH is 1. The average molecular weight is 1510 g/mol. The number of carboxylic acids is 2. The molecule has 0 aliphatic carbocycles. The van der Waals surface area contributed by atoms with Crippen LogP contribution in [0.4, 0.5) is 0 Å². The molecule has 2 aliphatic rings. The molecule has 20 N–H and O–H groups in total. The number of hydrogen-bond donors (Lipinski definition) is 19. The molecule has 4 bridgehead atoms. The number of likely N-dealkylation sites (N-methyl/N-ethyl adjacent to an activating group) is 1. The number of para-hydroxylation sites is 1. The summed E-state index contributed by atoms with van der Waals surface area (Å²) in [5, 5.41) is 72.5. The Balaban J connectivity index is 1.51. The lowest BCUT2D eigenvalue weighted by molar-refractivity contribution is -0.140. The first-order valence-electron chi connectivity index (χ1n) is 34.3. The van der Waals surface area contributed by atoms with Crippen LogP contribution in [0.2, 0.25) is 0 Å². The predicted molar refractivity (Wildman–Crippen MR) is 379 cm³/mol. The number of aliphatic carboxylic acids is 2. The van der Waals surface area contributed by atoms with E-state index in [0.717, 1.165) is 21.6 Å². The van der Waals surface area contributed by atoms with Gasteiger partial charge in [-0.3, -0.25) is 76.6 Å². The van der Waals surface area contributed by atoms with Crippen molar-refractivity contribution in [2.75, 3.05) is 25.1 Å². The van der Waals surface area contributed by atoms with E-state index in [2.05, 4.69) is 94.4 Å². The zero-order valence-electron chi connectivity index (χ0n) is 58.9. The van der Waals surface area contributed by atoms with Crippen molar-refractivity contribution in [3.63, 3.8) is 0 Å². The number of rotatable bonds is 20. The van der Waals surface area contributed by atoms with Crippen molar-refractivity contribution in [3.8, 4) is 0 Å². The van der Waals surface area contributed by atoms with Crippen LogP contribution < -0.4 is 74.9 Å². The number of hydrogen-bond acceptors (Lipinski definition) is 22. The normalized spacial score (nSPS) is 24.2. The summed E-state index contributed by atoms with van der Waals surface area (Å²) in [6, 6.07) is -11.8. The zero-order valence-corrected chi connectivity index (χ0v) is 60.5. The number of nitrogens with zero attached hydrogens (tertiary/aromatic N) is 4. The summed E-state index contributed by atoms with van der Waals surface area (Å²) in [5.74, 6) is -16.9. The smallest absolute Gasteiger partial charge is 0.305 e. The molecule has 0 unspecified atom stereocenters. The number of H-pyrrole nitrogens is 2. The van der Waals surface area contributed by atoms with Crippen LogP contribution in [0.15, 0.2) is 49.2 Å². The summed E-state index contributed by atoms with van der Waals surface area (Å²) in [4.78, 5) is 221. The van der Waals surface area contributed by atoms with Gasteiger partial charge in [0.15, 0.2) is 0 Å². The standard InChI is InChI=1S/C65H94N20O18S2/c1-7-12-40-57(95)76-41-15-10-11-20-85-28-36(83-84-85)16-17-43(60(98)79-47(23-37-26-68-31-71-37)63(101)77-45(21-32(2)3)56(94)70-27-50(87)73-42(59(97)75-40)18-19-51(88)89)74-55(93)33(4)72-64(102)48(80-61(99)44(67-6)24-52(90)91)29-104-105-30-49(65(103)82-53(34(5)86)54(66)92)81-62(100)46(78-58(41)96)22-35-25-69-39-14-9-8-13-38(35)39/h8-9,13-14,25-26,28,31-34,40-49,53,67,69,86H,7,10-12,15-24,27,29-30H2,1-6H3,(H2,66,92)(H,68,71)(H,70,94)(H,72,102)(H,73,87)(H,74,93)(H,75,97)(H,76,95)(H,77,101)(H,78,96)(H,79,98)(H,80,99)(H,81,100)(H,82,103)(H,88,89)(H,90,91)/t33-,34+,40-,41-,42-,43-,44-,45-,46-,47-,48-,49-,53-/m0/s1. The number of aromatic amines is 2. The number of nitrogens with two attached hydrogens (primary N) is 1. The van der Waals surface area contributed by atoms with Gasteiger partial charge < -0.3 is 100 Å². The molecule has 0 fully saturated rings. The Kier molecular flexibility index (Phi) is 32.9. The summed E-state index contributed by atoms with van der Waals surface area (Å²) in [6.45, 7) is 6.86. The van der Waals surface area contributed by atoms with Crippen LogP contribution in [0.3, 0.4) is 0 Å². The molecule has 0 saturated heterocycles. The molecule has 4 aromatic rings. The van der Waals surface area contributed by atoms with E-state index < -0.39 is 205 Å². The minimum absolute atomic E-state index is 0.0372. The Hall–Kier alpha value is -10.2. The van der Waals surface area contributed by atoms with E-state index in [9.17, 15) is 77.6 Å². The van der Waals surface area contributed by atoms with Gasteiger partial charge in [0, 0.05) is 66.8 Å². The number of aliphatic hydroxyl groups is 1. The summed E-state index contributed by atoms with van der Waals surface area (Å²) < 4.78 is 1.45. The SMILES string of the molecule is CCC[C@@H]1NC(=O)[C@H](CCC(=O)O)NC(=O)CNC(=O)[C@H](CC(C)C)NC(=O)[C@H](Cc2c[nH]cn2)NC(=O)[C@@H]2CCc3cn(nn3)CCCC[C@H](NC1=O)C(=O)N[C@@H](Cc1c[nH]c3ccccc13)C(=O)N[C@H](C(=O)N[C@H](C(N)=O)[C@@H](C)O)CSSC[C@H](NC(=O)[C@H](CC(=O)O)NC)C(=O)N[C@@H](C)C(=O)N2. The Labute approximate surface area is 611 Å². The number of imidazole rings is 1. The largest absolute Gasteiger partial charge is 0.481 e. The molecule has 574 valence electrons. The van der Waals surface area contributed by atoms with Crippen LogP contribution in [0.1, 0.15) is 116 Å². The molecule has 105 heavy (non-hydrogen) atoms. The third-order valence-electron chi connectivity index (χ3n) is 17.0. The maximum Gasteiger partial charge on any atom is 0.305 e. The fourth-order valence-corrected chi connectivity index (χ4v) is 13.6. The lowest BCUT2D eigenvalue weighted by Crippen LogP contribution is -2.61. The second-order valence-electron chi connectivity index (χ2n) is 25.9. The van der Waals surface area contributed by atoms with Gasteiger partial charge >= 0.3 is 11.9 Å². The predicted octanol–water partition coefficient (Wildman–Crippen LogP) is -4.41. The number of primary amides is 1. The minimum Gasteiger partial charge on any atom is -0.481 e. The molecule has 1 aromatic carbocycles. The van der Waals surface area contributed by atoms with E-state index >= 15 is 9.59 Å². The number of benzene rings is 1. The van der Waals surface area contributed by atoms with E-state index in [4.69, 9.17) is 5.73 Å². The molecule has 38 nitrogen and oxygen atoms in total. The molecule has 5 heterocycles. The van der Waals surface area contributed by atoms with Crippen LogP contribution >= 0.6 is 21.6 Å². The number of fused-ring (bicyclic) bond motifs is 7. The average Bonchev–Trinajstić information content (AvgIpc) is 1.70. The Bertz CT molecular complexity index is 3720. The molecule has 13 amide bonds. The molecular formula is C65H94N20O18S2. The van der Waals surface area contributed by atoms with Gasteiger partial charge in [-0.2, -0.15) is 0 Å². The minimum atomic E-state index is -1.72. The quantitative estimate of drug-likeness (QED) is 0.0371. The number of carboxylic acid groups (broad SMARTS) is 2. The van der Waals surface area contributed by atoms with Crippen molar-refractivity contribution in [2.45, 2.75) is 203 Å². The molecule has 0 spiro atoms. The lowest BCUT2D eigenvalue weighted by atomic mass is 10.0. The van der Waals surface area contributed by atoms with E-state index in [0.29, 0.717) is 22.2 Å². The monoisotopic (exact) mass is 1510 g/mol. The highest BCUT2D eigenvalue weighted by atomic mass is 33.1. The molecule has 13 atom stereocenters. The highest BCUT2D eigenvalue weighted by Crippen LogP contribution is 2.25. The van der Waals surface area contributed by atoms with Crippen molar-refractivity contribution in [1.29, 1.82) is 0 Å². The highest BCUT2D eigenvalue weighted by Gasteiger charge is 2.38. The van der Waals surface area contributed by atoms with Crippen molar-refractivity contribution < 1.29 is 87.2 Å². The van der Waals surface area contributed by atoms with Crippen molar-refractivity contribution >= 4 is 121 Å². The Morgan fingerprint density at radius 1 is 0.705 bits per heavy atom. The van der Waals surface area contributed by atoms with Gasteiger partial charge in [-0.1, -0.05) is 72.2 Å². The molecule has 40 heteroatoms. The molecule has 0 radical (unpaired) electrons. The van der Waals surface area contributed by atoms with Crippen molar-refractivity contribution in [2.24, 2.45) is 11.7 Å². The third kappa shape index (κ3) is 26.8. The third-order valence-corrected chi connectivity index (χ3v) is 19.4. The molecule has 0 saturated carbocycles. The number of nitrogens with one attached hydrogen (secondary N) is 15. The Morgan fingerprint density at radius 3 is 2.00 bits per heavy atom. The van der Waals surface area contributed by atoms with Gasteiger partial charge in [-0.05, 0) is 89.8 Å². The van der Waals surface area contributed by atoms with Crippen molar-refractivity contribution in [1.82, 2.24) is 99.1 Å². The van der Waals surface area contributed by atoms with Crippen LogP contribution in [-0.2, 0) is 97.7 Å². The fraction of sp³-hybridized carbons (Fsp3) is 0.569. The first-order valence-corrected chi connectivity index (χ1v) is 36.8. The maximum absolute atomic E-state index is 15.2. The van der Waals surface area contributed by atoms with E-state index in [1.165, 1.54) is 38.1 Å². The summed E-state index contributed by atoms with van der Waals surface area (Å²) >= 11 is 0. The van der Waals surface area contributed by atoms with Gasteiger partial charge in [0.1, 0.15) is 66.5 Å². The molecule has 6 rings (SSSR count). The second-order valence-corrected chi connectivity index (χ2v) is 28.4. The molecular weight excluding hydrogens is 1410 g/mol. The number of aryl methyl sites for hydroxylation is 2. The topological polar surface area (TPSA) is 574 Å². The fourth-order valence-electron chi connectivity index (χ4n) is 11.3.